The number of halogens is 1. The molecule has 0 aliphatic carbocycles. The maximum atomic E-state index is 5.90. The summed E-state index contributed by atoms with van der Waals surface area (Å²) >= 11 is 5.90. The van der Waals surface area contributed by atoms with Gasteiger partial charge in [-0.05, 0) is 54.4 Å². The first-order chi connectivity index (χ1) is 11.7. The molecule has 3 heteroatoms. The van der Waals surface area contributed by atoms with E-state index in [1.807, 2.05) is 36.4 Å². The van der Waals surface area contributed by atoms with Crippen LogP contribution in [-0.4, -0.2) is 0 Å². The minimum atomic E-state index is 0.578. The molecule has 0 radical (unpaired) electrons. The normalized spacial score (nSPS) is 10.4. The second-order valence-corrected chi connectivity index (χ2v) is 6.22. The SMILES string of the molecule is Cc1ccc(COc2cccc(CNc3ccc(Cl)cc3)c2)cc1. The second kappa shape index (κ2) is 7.89. The van der Waals surface area contributed by atoms with Crippen molar-refractivity contribution in [3.05, 3.63) is 94.5 Å². The summed E-state index contributed by atoms with van der Waals surface area (Å²) in [7, 11) is 0. The van der Waals surface area contributed by atoms with Crippen molar-refractivity contribution in [2.45, 2.75) is 20.1 Å². The van der Waals surface area contributed by atoms with Crippen LogP contribution in [-0.2, 0) is 13.2 Å². The molecule has 0 bridgehead atoms. The molecule has 0 aliphatic rings. The van der Waals surface area contributed by atoms with Crippen LogP contribution in [0.3, 0.4) is 0 Å². The number of aryl methyl sites for hydroxylation is 1. The van der Waals surface area contributed by atoms with Crippen molar-refractivity contribution in [3.63, 3.8) is 0 Å². The highest BCUT2D eigenvalue weighted by Crippen LogP contribution is 2.18. The van der Waals surface area contributed by atoms with Gasteiger partial charge in [0.05, 0.1) is 0 Å². The molecule has 0 aliphatic heterocycles. The molecular weight excluding hydrogens is 318 g/mol. The third-order valence-corrected chi connectivity index (χ3v) is 4.02. The van der Waals surface area contributed by atoms with Gasteiger partial charge in [-0.1, -0.05) is 53.6 Å². The molecule has 0 fully saturated rings. The number of anilines is 1. The lowest BCUT2D eigenvalue weighted by Gasteiger charge is -2.10. The van der Waals surface area contributed by atoms with Crippen molar-refractivity contribution < 1.29 is 4.74 Å². The lowest BCUT2D eigenvalue weighted by Crippen LogP contribution is -2.00. The van der Waals surface area contributed by atoms with E-state index in [4.69, 9.17) is 16.3 Å². The smallest absolute Gasteiger partial charge is 0.120 e. The zero-order valence-corrected chi connectivity index (χ0v) is 14.4. The third-order valence-electron chi connectivity index (χ3n) is 3.77. The van der Waals surface area contributed by atoms with Crippen LogP contribution in [0.2, 0.25) is 5.02 Å². The van der Waals surface area contributed by atoms with Crippen LogP contribution >= 0.6 is 11.6 Å². The van der Waals surface area contributed by atoms with Gasteiger partial charge in [0.2, 0.25) is 0 Å². The fourth-order valence-corrected chi connectivity index (χ4v) is 2.49. The van der Waals surface area contributed by atoms with E-state index in [2.05, 4.69) is 48.6 Å². The van der Waals surface area contributed by atoms with Crippen LogP contribution in [0.4, 0.5) is 5.69 Å². The van der Waals surface area contributed by atoms with E-state index in [1.54, 1.807) is 0 Å². The highest BCUT2D eigenvalue weighted by atomic mass is 35.5. The van der Waals surface area contributed by atoms with E-state index in [1.165, 1.54) is 16.7 Å². The van der Waals surface area contributed by atoms with E-state index in [0.29, 0.717) is 6.61 Å². The summed E-state index contributed by atoms with van der Waals surface area (Å²) in [5.41, 5.74) is 4.65. The number of hydrogen-bond donors (Lipinski definition) is 1. The number of nitrogens with one attached hydrogen (secondary N) is 1. The summed E-state index contributed by atoms with van der Waals surface area (Å²) in [6.45, 7) is 3.40. The Morgan fingerprint density at radius 2 is 1.62 bits per heavy atom. The topological polar surface area (TPSA) is 21.3 Å². The van der Waals surface area contributed by atoms with Gasteiger partial charge < -0.3 is 10.1 Å². The Hall–Kier alpha value is -2.45. The Morgan fingerprint density at radius 1 is 0.875 bits per heavy atom. The molecule has 0 spiro atoms. The molecule has 1 N–H and O–H groups in total. The zero-order chi connectivity index (χ0) is 16.8. The molecular formula is C21H20ClNO. The van der Waals surface area contributed by atoms with Crippen molar-refractivity contribution in [1.82, 2.24) is 0 Å². The predicted molar refractivity (Wildman–Crippen MR) is 101 cm³/mol. The van der Waals surface area contributed by atoms with Crippen LogP contribution in [0.25, 0.3) is 0 Å². The summed E-state index contributed by atoms with van der Waals surface area (Å²) in [5.74, 6) is 0.881. The first-order valence-electron chi connectivity index (χ1n) is 7.96. The molecule has 24 heavy (non-hydrogen) atoms. The minimum Gasteiger partial charge on any atom is -0.489 e. The summed E-state index contributed by atoms with van der Waals surface area (Å²) in [4.78, 5) is 0. The maximum absolute atomic E-state index is 5.90. The molecule has 0 amide bonds. The largest absolute Gasteiger partial charge is 0.489 e. The monoisotopic (exact) mass is 337 g/mol. The molecule has 3 aromatic rings. The van der Waals surface area contributed by atoms with Crippen molar-refractivity contribution in [3.8, 4) is 5.75 Å². The van der Waals surface area contributed by atoms with Crippen LogP contribution in [0.15, 0.2) is 72.8 Å². The number of hydrogen-bond acceptors (Lipinski definition) is 2. The van der Waals surface area contributed by atoms with E-state index in [0.717, 1.165) is 23.0 Å². The second-order valence-electron chi connectivity index (χ2n) is 5.78. The highest BCUT2D eigenvalue weighted by molar-refractivity contribution is 6.30. The van der Waals surface area contributed by atoms with Crippen molar-refractivity contribution >= 4 is 17.3 Å². The predicted octanol–water partition coefficient (Wildman–Crippen LogP) is 5.84. The Labute approximate surface area is 148 Å². The van der Waals surface area contributed by atoms with Gasteiger partial charge in [-0.15, -0.1) is 0 Å². The Kier molecular flexibility index (Phi) is 5.39. The Balaban J connectivity index is 1.57. The van der Waals surface area contributed by atoms with Gasteiger partial charge in [-0.3, -0.25) is 0 Å². The first kappa shape index (κ1) is 16.4. The molecule has 0 saturated carbocycles. The number of benzene rings is 3. The molecule has 0 heterocycles. The summed E-state index contributed by atoms with van der Waals surface area (Å²) < 4.78 is 5.90. The Bertz CT molecular complexity index is 717. The van der Waals surface area contributed by atoms with Gasteiger partial charge in [0, 0.05) is 17.3 Å². The average Bonchev–Trinajstić information content (AvgIpc) is 2.61. The van der Waals surface area contributed by atoms with Gasteiger partial charge in [-0.2, -0.15) is 0 Å². The average molecular weight is 338 g/mol. The van der Waals surface area contributed by atoms with Gasteiger partial charge in [0.1, 0.15) is 12.4 Å². The lowest BCUT2D eigenvalue weighted by molar-refractivity contribution is 0.306. The van der Waals surface area contributed by atoms with Crippen molar-refractivity contribution in [2.24, 2.45) is 0 Å². The van der Waals surface area contributed by atoms with E-state index in [9.17, 15) is 0 Å². The molecule has 3 rings (SSSR count). The van der Waals surface area contributed by atoms with Crippen LogP contribution in [0, 0.1) is 6.92 Å². The molecule has 2 nitrogen and oxygen atoms in total. The summed E-state index contributed by atoms with van der Waals surface area (Å²) in [6.07, 6.45) is 0. The summed E-state index contributed by atoms with van der Waals surface area (Å²) in [6, 6.07) is 24.3. The van der Waals surface area contributed by atoms with E-state index < -0.39 is 0 Å². The van der Waals surface area contributed by atoms with Gasteiger partial charge in [-0.25, -0.2) is 0 Å². The molecule has 3 aromatic carbocycles. The quantitative estimate of drug-likeness (QED) is 0.610. The molecule has 0 saturated heterocycles. The fourth-order valence-electron chi connectivity index (χ4n) is 2.37. The molecule has 0 aromatic heterocycles. The van der Waals surface area contributed by atoms with E-state index >= 15 is 0 Å². The molecule has 122 valence electrons. The number of ether oxygens (including phenoxy) is 1. The maximum Gasteiger partial charge on any atom is 0.120 e. The van der Waals surface area contributed by atoms with Gasteiger partial charge in [0.25, 0.3) is 0 Å². The fraction of sp³-hybridized carbons (Fsp3) is 0.143. The standard InChI is InChI=1S/C21H20ClNO/c1-16-5-7-17(8-6-16)15-24-21-4-2-3-18(13-21)14-23-20-11-9-19(22)10-12-20/h2-13,23H,14-15H2,1H3. The zero-order valence-electron chi connectivity index (χ0n) is 13.6. The Morgan fingerprint density at radius 3 is 2.38 bits per heavy atom. The summed E-state index contributed by atoms with van der Waals surface area (Å²) in [5, 5.41) is 4.12. The van der Waals surface area contributed by atoms with E-state index in [-0.39, 0.29) is 0 Å². The van der Waals surface area contributed by atoms with Crippen molar-refractivity contribution in [2.75, 3.05) is 5.32 Å². The number of rotatable bonds is 6. The van der Waals surface area contributed by atoms with Gasteiger partial charge >= 0.3 is 0 Å². The first-order valence-corrected chi connectivity index (χ1v) is 8.33. The molecule has 0 unspecified atom stereocenters. The van der Waals surface area contributed by atoms with Crippen LogP contribution in [0.5, 0.6) is 5.75 Å². The van der Waals surface area contributed by atoms with Crippen LogP contribution in [0.1, 0.15) is 16.7 Å². The van der Waals surface area contributed by atoms with Crippen molar-refractivity contribution in [1.29, 1.82) is 0 Å². The molecule has 0 atom stereocenters. The van der Waals surface area contributed by atoms with Gasteiger partial charge in [0.15, 0.2) is 0 Å². The third kappa shape index (κ3) is 4.77. The minimum absolute atomic E-state index is 0.578. The highest BCUT2D eigenvalue weighted by Gasteiger charge is 1.99. The lowest BCUT2D eigenvalue weighted by atomic mass is 10.1. The van der Waals surface area contributed by atoms with Crippen LogP contribution < -0.4 is 10.1 Å².